The largest absolute Gasteiger partial charge is 0.496 e. The van der Waals surface area contributed by atoms with Crippen LogP contribution in [0.25, 0.3) is 0 Å². The predicted molar refractivity (Wildman–Crippen MR) is 86.1 cm³/mol. The molecular formula is C14H21BrN2O3S. The third-order valence-electron chi connectivity index (χ3n) is 3.81. The van der Waals surface area contributed by atoms with E-state index in [1.807, 2.05) is 0 Å². The van der Waals surface area contributed by atoms with Gasteiger partial charge < -0.3 is 9.64 Å². The Balaban J connectivity index is 2.00. The Bertz CT molecular complexity index is 592. The number of methoxy groups -OCH3 is 1. The molecule has 1 atom stereocenters. The number of ether oxygens (including phenoxy) is 1. The molecule has 0 radical (unpaired) electrons. The zero-order valence-electron chi connectivity index (χ0n) is 12.3. The van der Waals surface area contributed by atoms with Crippen LogP contribution in [0.1, 0.15) is 13.3 Å². The van der Waals surface area contributed by atoms with Gasteiger partial charge in [0, 0.05) is 13.1 Å². The summed E-state index contributed by atoms with van der Waals surface area (Å²) in [5.41, 5.74) is 0. The van der Waals surface area contributed by atoms with E-state index >= 15 is 0 Å². The van der Waals surface area contributed by atoms with E-state index in [9.17, 15) is 8.42 Å². The zero-order chi connectivity index (χ0) is 15.5. The molecule has 1 fully saturated rings. The highest BCUT2D eigenvalue weighted by molar-refractivity contribution is 9.10. The van der Waals surface area contributed by atoms with E-state index < -0.39 is 10.0 Å². The highest BCUT2D eigenvalue weighted by Gasteiger charge is 2.23. The quantitative estimate of drug-likeness (QED) is 0.825. The van der Waals surface area contributed by atoms with Gasteiger partial charge in [-0.3, -0.25) is 0 Å². The van der Waals surface area contributed by atoms with E-state index in [-0.39, 0.29) is 4.90 Å². The van der Waals surface area contributed by atoms with Gasteiger partial charge in [0.15, 0.2) is 0 Å². The number of rotatable bonds is 6. The van der Waals surface area contributed by atoms with E-state index in [1.165, 1.54) is 0 Å². The van der Waals surface area contributed by atoms with Crippen molar-refractivity contribution in [1.82, 2.24) is 9.62 Å². The van der Waals surface area contributed by atoms with Gasteiger partial charge in [-0.2, -0.15) is 0 Å². The van der Waals surface area contributed by atoms with Gasteiger partial charge >= 0.3 is 0 Å². The first kappa shape index (κ1) is 16.7. The highest BCUT2D eigenvalue weighted by atomic mass is 79.9. The molecule has 1 N–H and O–H groups in total. The molecule has 118 valence electrons. The summed E-state index contributed by atoms with van der Waals surface area (Å²) in [6.45, 7) is 5.65. The van der Waals surface area contributed by atoms with Gasteiger partial charge in [0.05, 0.1) is 16.5 Å². The summed E-state index contributed by atoms with van der Waals surface area (Å²) in [5, 5.41) is 0. The lowest BCUT2D eigenvalue weighted by Gasteiger charge is -2.14. The fourth-order valence-corrected chi connectivity index (χ4v) is 4.33. The maximum atomic E-state index is 12.3. The summed E-state index contributed by atoms with van der Waals surface area (Å²) in [6, 6.07) is 4.76. The molecule has 1 unspecified atom stereocenters. The number of hydrogen-bond acceptors (Lipinski definition) is 4. The van der Waals surface area contributed by atoms with Crippen LogP contribution in [0.15, 0.2) is 27.6 Å². The number of nitrogens with zero attached hydrogens (tertiary/aromatic N) is 1. The Morgan fingerprint density at radius 2 is 2.24 bits per heavy atom. The summed E-state index contributed by atoms with van der Waals surface area (Å²) in [5.74, 6) is 1.00. The zero-order valence-corrected chi connectivity index (χ0v) is 14.7. The molecule has 0 bridgehead atoms. The Morgan fingerprint density at radius 3 is 2.81 bits per heavy atom. The van der Waals surface area contributed by atoms with Crippen molar-refractivity contribution in [1.29, 1.82) is 0 Å². The SMILES string of the molecule is CCN1CCC(CNS(=O)(=O)c2ccc(OC)c(Br)c2)C1. The van der Waals surface area contributed by atoms with Crippen LogP contribution < -0.4 is 9.46 Å². The third kappa shape index (κ3) is 4.18. The molecule has 0 spiro atoms. The first-order valence-corrected chi connectivity index (χ1v) is 9.29. The summed E-state index contributed by atoms with van der Waals surface area (Å²) < 4.78 is 33.1. The molecule has 1 aliphatic rings. The highest BCUT2D eigenvalue weighted by Crippen LogP contribution is 2.27. The number of benzene rings is 1. The maximum Gasteiger partial charge on any atom is 0.240 e. The standard InChI is InChI=1S/C14H21BrN2O3S/c1-3-17-7-6-11(10-17)9-16-21(18,19)12-4-5-14(20-2)13(15)8-12/h4-5,8,11,16H,3,6-7,9-10H2,1-2H3. The van der Waals surface area contributed by atoms with Crippen molar-refractivity contribution in [2.45, 2.75) is 18.2 Å². The van der Waals surface area contributed by atoms with E-state index in [2.05, 4.69) is 32.5 Å². The minimum absolute atomic E-state index is 0.250. The van der Waals surface area contributed by atoms with E-state index in [1.54, 1.807) is 25.3 Å². The van der Waals surface area contributed by atoms with Crippen LogP contribution in [0, 0.1) is 5.92 Å². The molecule has 1 aromatic rings. The van der Waals surface area contributed by atoms with Crippen molar-refractivity contribution < 1.29 is 13.2 Å². The predicted octanol–water partition coefficient (Wildman–Crippen LogP) is 2.08. The fourth-order valence-electron chi connectivity index (χ4n) is 2.49. The first-order valence-electron chi connectivity index (χ1n) is 7.02. The van der Waals surface area contributed by atoms with Gasteiger partial charge in [0.1, 0.15) is 5.75 Å². The van der Waals surface area contributed by atoms with Gasteiger partial charge in [0.2, 0.25) is 10.0 Å². The van der Waals surface area contributed by atoms with Crippen molar-refractivity contribution >= 4 is 26.0 Å². The third-order valence-corrected chi connectivity index (χ3v) is 5.85. The van der Waals surface area contributed by atoms with Crippen LogP contribution in [-0.4, -0.2) is 46.6 Å². The van der Waals surface area contributed by atoms with Crippen molar-refractivity contribution in [3.63, 3.8) is 0 Å². The molecule has 1 saturated heterocycles. The monoisotopic (exact) mass is 376 g/mol. The molecule has 0 aromatic heterocycles. The second-order valence-corrected chi connectivity index (χ2v) is 7.82. The van der Waals surface area contributed by atoms with Crippen molar-refractivity contribution in [3.8, 4) is 5.75 Å². The van der Waals surface area contributed by atoms with Gasteiger partial charge in [-0.1, -0.05) is 6.92 Å². The minimum Gasteiger partial charge on any atom is -0.496 e. The number of nitrogens with one attached hydrogen (secondary N) is 1. The van der Waals surface area contributed by atoms with Crippen LogP contribution in [0.3, 0.4) is 0 Å². The fraction of sp³-hybridized carbons (Fsp3) is 0.571. The second-order valence-electron chi connectivity index (χ2n) is 5.20. The van der Waals surface area contributed by atoms with E-state index in [0.717, 1.165) is 26.1 Å². The number of likely N-dealkylation sites (tertiary alicyclic amines) is 1. The summed E-state index contributed by atoms with van der Waals surface area (Å²) >= 11 is 3.31. The summed E-state index contributed by atoms with van der Waals surface area (Å²) in [7, 11) is -1.93. The minimum atomic E-state index is -3.47. The van der Waals surface area contributed by atoms with Crippen molar-refractivity contribution in [3.05, 3.63) is 22.7 Å². The van der Waals surface area contributed by atoms with Crippen LogP contribution in [0.5, 0.6) is 5.75 Å². The molecule has 0 amide bonds. The van der Waals surface area contributed by atoms with Gasteiger partial charge in [0.25, 0.3) is 0 Å². The number of sulfonamides is 1. The molecule has 1 heterocycles. The van der Waals surface area contributed by atoms with Crippen LogP contribution in [0.2, 0.25) is 0 Å². The summed E-state index contributed by atoms with van der Waals surface area (Å²) in [6.07, 6.45) is 1.04. The number of halogens is 1. The number of hydrogen-bond donors (Lipinski definition) is 1. The topological polar surface area (TPSA) is 58.6 Å². The maximum absolute atomic E-state index is 12.3. The Labute approximate surface area is 134 Å². The van der Waals surface area contributed by atoms with E-state index in [4.69, 9.17) is 4.74 Å². The van der Waals surface area contributed by atoms with Crippen molar-refractivity contribution in [2.75, 3.05) is 33.3 Å². The molecule has 1 aromatic carbocycles. The molecular weight excluding hydrogens is 356 g/mol. The molecule has 0 aliphatic carbocycles. The van der Waals surface area contributed by atoms with Crippen LogP contribution >= 0.6 is 15.9 Å². The lowest BCUT2D eigenvalue weighted by Crippen LogP contribution is -2.31. The smallest absolute Gasteiger partial charge is 0.240 e. The molecule has 2 rings (SSSR count). The summed E-state index contributed by atoms with van der Waals surface area (Å²) in [4.78, 5) is 2.59. The molecule has 7 heteroatoms. The van der Waals surface area contributed by atoms with Gasteiger partial charge in [-0.05, 0) is 59.6 Å². The Morgan fingerprint density at radius 1 is 1.48 bits per heavy atom. The van der Waals surface area contributed by atoms with Crippen LogP contribution in [-0.2, 0) is 10.0 Å². The first-order chi connectivity index (χ1) is 9.96. The van der Waals surface area contributed by atoms with Gasteiger partial charge in [-0.25, -0.2) is 13.1 Å². The Kier molecular flexibility index (Phi) is 5.65. The lowest BCUT2D eigenvalue weighted by atomic mass is 10.1. The van der Waals surface area contributed by atoms with E-state index in [0.29, 0.717) is 22.7 Å². The molecule has 1 aliphatic heterocycles. The Hall–Kier alpha value is -0.630. The second kappa shape index (κ2) is 7.09. The van der Waals surface area contributed by atoms with Crippen LogP contribution in [0.4, 0.5) is 0 Å². The van der Waals surface area contributed by atoms with Gasteiger partial charge in [-0.15, -0.1) is 0 Å². The normalized spacial score (nSPS) is 19.9. The average molecular weight is 377 g/mol. The average Bonchev–Trinajstić information content (AvgIpc) is 2.93. The molecule has 5 nitrogen and oxygen atoms in total. The van der Waals surface area contributed by atoms with Crippen molar-refractivity contribution in [2.24, 2.45) is 5.92 Å². The lowest BCUT2D eigenvalue weighted by molar-refractivity contribution is 0.342. The molecule has 0 saturated carbocycles. The molecule has 21 heavy (non-hydrogen) atoms.